The first kappa shape index (κ1) is 21.5. The molecule has 2 saturated heterocycles. The van der Waals surface area contributed by atoms with Gasteiger partial charge >= 0.3 is 150 Å². The second kappa shape index (κ2) is 6.68. The second-order valence-electron chi connectivity index (χ2n) is 7.33. The van der Waals surface area contributed by atoms with Crippen molar-refractivity contribution in [3.05, 3.63) is 0 Å². The van der Waals surface area contributed by atoms with Gasteiger partial charge in [0, 0.05) is 0 Å². The van der Waals surface area contributed by atoms with Crippen molar-refractivity contribution in [2.45, 2.75) is 63.2 Å². The number of hydrogen-bond donors (Lipinski definition) is 0. The van der Waals surface area contributed by atoms with Crippen LogP contribution in [0.15, 0.2) is 0 Å². The van der Waals surface area contributed by atoms with Crippen molar-refractivity contribution in [1.82, 2.24) is 12.5 Å². The second-order valence-corrected chi connectivity index (χ2v) is 18.8. The number of rotatable bonds is 0. The van der Waals surface area contributed by atoms with Gasteiger partial charge in [-0.15, -0.1) is 0 Å². The van der Waals surface area contributed by atoms with Crippen LogP contribution in [-0.2, 0) is 0 Å². The van der Waals surface area contributed by atoms with Gasteiger partial charge in [-0.1, -0.05) is 0 Å². The van der Waals surface area contributed by atoms with Crippen LogP contribution in [-0.4, -0.2) is 96.7 Å². The van der Waals surface area contributed by atoms with E-state index in [-0.39, 0.29) is 12.8 Å². The Morgan fingerprint density at radius 3 is 1.16 bits per heavy atom. The van der Waals surface area contributed by atoms with E-state index in [2.05, 4.69) is 0 Å². The summed E-state index contributed by atoms with van der Waals surface area (Å²) in [5.74, 6) is 0. The molecule has 25 heavy (non-hydrogen) atoms. The molecule has 148 valence electrons. The van der Waals surface area contributed by atoms with E-state index in [4.69, 9.17) is 0 Å². The van der Waals surface area contributed by atoms with Crippen LogP contribution in [0.1, 0.15) is 26.7 Å². The van der Waals surface area contributed by atoms with Gasteiger partial charge in [-0.05, 0) is 0 Å². The standard InChI is InChI=1S/2C7H13F3N2.Sn/c2*1-5(11-2)4-6(12-3)7(8,9)10;/h2*5-6H,4H2,1-3H3;/q2*-2;+4. The zero-order valence-corrected chi connectivity index (χ0v) is 18.1. The molecule has 4 nitrogen and oxygen atoms in total. The topological polar surface area (TPSA) is 13.0 Å². The first-order valence-electron chi connectivity index (χ1n) is 8.22. The minimum atomic E-state index is -4.56. The van der Waals surface area contributed by atoms with Gasteiger partial charge in [-0.3, -0.25) is 0 Å². The summed E-state index contributed by atoms with van der Waals surface area (Å²) in [6.45, 7) is 3.35. The summed E-state index contributed by atoms with van der Waals surface area (Å²) in [5, 5.41) is 0. The van der Waals surface area contributed by atoms with Gasteiger partial charge in [0.1, 0.15) is 0 Å². The molecule has 4 unspecified atom stereocenters. The van der Waals surface area contributed by atoms with Crippen LogP contribution >= 0.6 is 0 Å². The third-order valence-electron chi connectivity index (χ3n) is 6.03. The molecule has 0 saturated carbocycles. The molecule has 0 radical (unpaired) electrons. The Kier molecular flexibility index (Phi) is 5.75. The molecule has 2 rings (SSSR count). The summed E-state index contributed by atoms with van der Waals surface area (Å²) < 4.78 is 87.9. The van der Waals surface area contributed by atoms with Crippen LogP contribution in [0.2, 0.25) is 0 Å². The van der Waals surface area contributed by atoms with E-state index in [1.165, 1.54) is 20.3 Å². The van der Waals surface area contributed by atoms with Crippen LogP contribution in [0.3, 0.4) is 0 Å². The molecule has 11 heteroatoms. The maximum atomic E-state index is 13.6. The van der Waals surface area contributed by atoms with Crippen LogP contribution in [0.25, 0.3) is 0 Å². The third-order valence-corrected chi connectivity index (χ3v) is 21.1. The molecule has 2 fully saturated rings. The molecule has 0 amide bonds. The summed E-state index contributed by atoms with van der Waals surface area (Å²) >= 11 is -4.56. The molecule has 0 aromatic carbocycles. The zero-order valence-electron chi connectivity index (χ0n) is 15.3. The SMILES string of the molecule is CC1CC(C(F)(F)F)[N](C)[Sn]2([N]1C)[N](C)C(C)CC(C(F)(F)F)[N]2C. The Morgan fingerprint density at radius 2 is 0.920 bits per heavy atom. The molecule has 0 aliphatic carbocycles. The average molecular weight is 483 g/mol. The maximum absolute atomic E-state index is 13.6. The van der Waals surface area contributed by atoms with Crippen molar-refractivity contribution in [2.75, 3.05) is 28.2 Å². The van der Waals surface area contributed by atoms with Gasteiger partial charge < -0.3 is 0 Å². The van der Waals surface area contributed by atoms with E-state index in [1.54, 1.807) is 27.9 Å². The predicted molar refractivity (Wildman–Crippen MR) is 84.7 cm³/mol. The Bertz CT molecular complexity index is 455. The Hall–Kier alpha value is 0.219. The van der Waals surface area contributed by atoms with Crippen molar-refractivity contribution < 1.29 is 26.3 Å². The quantitative estimate of drug-likeness (QED) is 0.388. The van der Waals surface area contributed by atoms with Crippen molar-refractivity contribution in [1.29, 1.82) is 0 Å². The van der Waals surface area contributed by atoms with Crippen molar-refractivity contribution in [2.24, 2.45) is 0 Å². The van der Waals surface area contributed by atoms with E-state index in [1.807, 2.05) is 6.24 Å². The van der Waals surface area contributed by atoms with E-state index < -0.39 is 56.0 Å². The predicted octanol–water partition coefficient (Wildman–Crippen LogP) is 2.60. The minimum absolute atomic E-state index is 0.137. The summed E-state index contributed by atoms with van der Waals surface area (Å²) in [6.07, 6.45) is -9.21. The molecule has 2 heterocycles. The molecule has 4 atom stereocenters. The van der Waals surface area contributed by atoms with Gasteiger partial charge in [0.05, 0.1) is 0 Å². The normalized spacial score (nSPS) is 40.8. The van der Waals surface area contributed by atoms with Crippen LogP contribution in [0.5, 0.6) is 0 Å². The first-order valence-corrected chi connectivity index (χ1v) is 13.3. The van der Waals surface area contributed by atoms with Gasteiger partial charge in [-0.2, -0.15) is 0 Å². The molecule has 2 aliphatic heterocycles. The molecule has 2 aliphatic rings. The van der Waals surface area contributed by atoms with E-state index in [9.17, 15) is 26.3 Å². The first-order chi connectivity index (χ1) is 11.2. The summed E-state index contributed by atoms with van der Waals surface area (Å²) in [4.78, 5) is 0. The monoisotopic (exact) mass is 484 g/mol. The van der Waals surface area contributed by atoms with Gasteiger partial charge in [-0.25, -0.2) is 0 Å². The molecule has 0 N–H and O–H groups in total. The van der Waals surface area contributed by atoms with Gasteiger partial charge in [0.15, 0.2) is 0 Å². The molecule has 0 aromatic rings. The zero-order chi connectivity index (χ0) is 19.5. The third kappa shape index (κ3) is 3.30. The van der Waals surface area contributed by atoms with Crippen LogP contribution in [0, 0.1) is 0 Å². The van der Waals surface area contributed by atoms with Crippen molar-refractivity contribution >= 4 is 19.5 Å². The van der Waals surface area contributed by atoms with Gasteiger partial charge in [0.25, 0.3) is 0 Å². The fraction of sp³-hybridized carbons (Fsp3) is 1.00. The average Bonchev–Trinajstić information content (AvgIpc) is 2.44. The van der Waals surface area contributed by atoms with E-state index >= 15 is 0 Å². The van der Waals surface area contributed by atoms with Crippen molar-refractivity contribution in [3.8, 4) is 0 Å². The summed E-state index contributed by atoms with van der Waals surface area (Å²) in [6, 6.07) is -4.33. The number of halogens is 6. The molecule has 1 spiro atoms. The van der Waals surface area contributed by atoms with Crippen molar-refractivity contribution in [3.63, 3.8) is 0 Å². The molecular formula is C14H26F6N4Sn. The van der Waals surface area contributed by atoms with E-state index in [0.29, 0.717) is 0 Å². The summed E-state index contributed by atoms with van der Waals surface area (Å²) in [7, 11) is 6.08. The number of hydrogen-bond acceptors (Lipinski definition) is 4. The summed E-state index contributed by atoms with van der Waals surface area (Å²) in [5.41, 5.74) is 0. The Labute approximate surface area is 150 Å². The number of nitrogens with zero attached hydrogens (tertiary/aromatic N) is 4. The van der Waals surface area contributed by atoms with Gasteiger partial charge in [0.2, 0.25) is 0 Å². The molecule has 0 bridgehead atoms. The fourth-order valence-corrected chi connectivity index (χ4v) is 20.8. The Balaban J connectivity index is 2.61. The van der Waals surface area contributed by atoms with Crippen LogP contribution < -0.4 is 0 Å². The molecule has 0 aromatic heterocycles. The number of alkyl halides is 6. The Morgan fingerprint density at radius 1 is 0.640 bits per heavy atom. The molecular weight excluding hydrogens is 457 g/mol. The van der Waals surface area contributed by atoms with E-state index in [0.717, 1.165) is 0 Å². The fourth-order valence-electron chi connectivity index (χ4n) is 4.49. The van der Waals surface area contributed by atoms with Crippen LogP contribution in [0.4, 0.5) is 26.3 Å².